The molecule has 0 bridgehead atoms. The van der Waals surface area contributed by atoms with Gasteiger partial charge in [-0.1, -0.05) is 54.9 Å². The Kier molecular flexibility index (Phi) is 4.60. The summed E-state index contributed by atoms with van der Waals surface area (Å²) in [6.45, 7) is -3.10. The number of nitrogens with one attached hydrogen (secondary N) is 1. The van der Waals surface area contributed by atoms with Gasteiger partial charge in [0.25, 0.3) is 0 Å². The summed E-state index contributed by atoms with van der Waals surface area (Å²) >= 11 is 6.37. The van der Waals surface area contributed by atoms with Crippen molar-refractivity contribution >= 4 is 45.7 Å². The van der Waals surface area contributed by atoms with Crippen molar-refractivity contribution in [1.29, 1.82) is 0 Å². The fraction of sp³-hybridized carbons (Fsp3) is 0.0769. The average molecular weight is 452 g/mol. The van der Waals surface area contributed by atoms with Crippen LogP contribution in [0.15, 0.2) is 72.9 Å². The Balaban J connectivity index is 2.10. The quantitative estimate of drug-likeness (QED) is 0.249. The van der Waals surface area contributed by atoms with Crippen molar-refractivity contribution in [1.82, 2.24) is 10.2 Å². The molecule has 6 heteroatoms. The zero-order chi connectivity index (χ0) is 27.0. The maximum absolute atomic E-state index is 13.9. The van der Waals surface area contributed by atoms with E-state index in [1.165, 1.54) is 12.1 Å². The lowest BCUT2D eigenvalue weighted by molar-refractivity contribution is -0.131. The van der Waals surface area contributed by atoms with E-state index < -0.39 is 25.0 Å². The predicted molar refractivity (Wildman–Crippen MR) is 127 cm³/mol. The Labute approximate surface area is 196 Å². The second kappa shape index (κ2) is 9.20. The van der Waals surface area contributed by atoms with Gasteiger partial charge in [0, 0.05) is 18.3 Å². The lowest BCUT2D eigenvalue weighted by Crippen LogP contribution is -1.96. The number of benzene rings is 3. The van der Waals surface area contributed by atoms with Crippen molar-refractivity contribution in [3.8, 4) is 0 Å². The molecule has 0 unspecified atom stereocenters. The number of hydrogen-bond acceptors (Lipinski definition) is 2. The van der Waals surface area contributed by atoms with Crippen molar-refractivity contribution in [2.75, 3.05) is 0 Å². The minimum atomic E-state index is -3.10. The van der Waals surface area contributed by atoms with Crippen molar-refractivity contribution in [2.45, 2.75) is 13.2 Å². The highest BCUT2D eigenvalue weighted by Gasteiger charge is 2.16. The molecular formula is C26H20ClFN2O2. The average Bonchev–Trinajstić information content (AvgIpc) is 3.29. The van der Waals surface area contributed by atoms with Gasteiger partial charge in [-0.25, -0.2) is 9.18 Å². The van der Waals surface area contributed by atoms with E-state index in [4.69, 9.17) is 23.6 Å². The molecule has 0 fully saturated rings. The van der Waals surface area contributed by atoms with Crippen LogP contribution in [0.5, 0.6) is 0 Å². The van der Waals surface area contributed by atoms with Gasteiger partial charge in [-0.2, -0.15) is 5.10 Å². The van der Waals surface area contributed by atoms with E-state index in [1.807, 2.05) is 0 Å². The molecule has 0 saturated heterocycles. The fourth-order valence-electron chi connectivity index (χ4n) is 3.44. The molecule has 32 heavy (non-hydrogen) atoms. The maximum Gasteiger partial charge on any atom is 0.328 e. The van der Waals surface area contributed by atoms with Gasteiger partial charge >= 0.3 is 5.97 Å². The van der Waals surface area contributed by atoms with Crippen LogP contribution in [-0.2, 0) is 4.79 Å². The van der Waals surface area contributed by atoms with Crippen LogP contribution in [0, 0.1) is 5.82 Å². The molecule has 1 heterocycles. The highest BCUT2D eigenvalue weighted by Crippen LogP contribution is 2.38. The number of rotatable bonds is 6. The second-order valence-corrected chi connectivity index (χ2v) is 7.37. The Hall–Kier alpha value is -3.70. The third-order valence-electron chi connectivity index (χ3n) is 4.92. The Morgan fingerprint density at radius 2 is 1.97 bits per heavy atom. The minimum Gasteiger partial charge on any atom is -0.478 e. The van der Waals surface area contributed by atoms with Crippen molar-refractivity contribution in [3.63, 3.8) is 0 Å². The number of carboxylic acids is 1. The van der Waals surface area contributed by atoms with Crippen LogP contribution in [0.4, 0.5) is 4.39 Å². The summed E-state index contributed by atoms with van der Waals surface area (Å²) in [5.41, 5.74) is 2.22. The normalized spacial score (nSPS) is 15.5. The lowest BCUT2D eigenvalue weighted by Gasteiger charge is -2.17. The summed E-state index contributed by atoms with van der Waals surface area (Å²) in [5.74, 6) is -1.77. The molecule has 160 valence electrons. The van der Waals surface area contributed by atoms with E-state index >= 15 is 0 Å². The second-order valence-electron chi connectivity index (χ2n) is 6.96. The number of aromatic amines is 1. The minimum absolute atomic E-state index is 0.0290. The van der Waals surface area contributed by atoms with E-state index in [1.54, 1.807) is 48.7 Å². The first-order valence-electron chi connectivity index (χ1n) is 12.0. The van der Waals surface area contributed by atoms with Crippen LogP contribution in [0.25, 0.3) is 28.1 Å². The first-order valence-corrected chi connectivity index (χ1v) is 9.91. The van der Waals surface area contributed by atoms with Gasteiger partial charge in [0.2, 0.25) is 0 Å². The van der Waals surface area contributed by atoms with Crippen molar-refractivity contribution < 1.29 is 21.1 Å². The van der Waals surface area contributed by atoms with E-state index in [-0.39, 0.29) is 21.7 Å². The summed E-state index contributed by atoms with van der Waals surface area (Å²) in [6.07, 6.45) is 1.05. The highest BCUT2D eigenvalue weighted by molar-refractivity contribution is 6.32. The van der Waals surface area contributed by atoms with Gasteiger partial charge in [0.15, 0.2) is 0 Å². The van der Waals surface area contributed by atoms with Crippen molar-refractivity contribution in [2.24, 2.45) is 0 Å². The molecule has 0 spiro atoms. The summed E-state index contributed by atoms with van der Waals surface area (Å²) in [7, 11) is 0. The largest absolute Gasteiger partial charge is 0.478 e. The standard InChI is InChI=1S/C26H20ClFN2O2/c1-2-21(22-10-9-20(28)14-23(22)27)26(18-8-11-24-19(13-18)15-29-30-24)17-6-3-16(4-7-17)5-12-25(31)32/h3-15H,2H2,1H3,(H,29,30)(H,31,32)/b12-5+,26-21+/i1D3,2D2. The fourth-order valence-corrected chi connectivity index (χ4v) is 3.70. The maximum atomic E-state index is 13.9. The predicted octanol–water partition coefficient (Wildman–Crippen LogP) is 6.82. The van der Waals surface area contributed by atoms with Crippen LogP contribution in [0.3, 0.4) is 0 Å². The number of carbonyl (C=O) groups is 1. The van der Waals surface area contributed by atoms with Gasteiger partial charge in [0.1, 0.15) is 5.82 Å². The number of carboxylic acid groups (broad SMARTS) is 1. The zero-order valence-corrected chi connectivity index (χ0v) is 17.3. The third-order valence-corrected chi connectivity index (χ3v) is 5.23. The first-order chi connectivity index (χ1) is 17.4. The van der Waals surface area contributed by atoms with E-state index in [2.05, 4.69) is 10.2 Å². The van der Waals surface area contributed by atoms with Gasteiger partial charge in [-0.15, -0.1) is 0 Å². The number of fused-ring (bicyclic) bond motifs is 1. The summed E-state index contributed by atoms with van der Waals surface area (Å²) in [4.78, 5) is 10.9. The SMILES string of the molecule is [2H]C([2H])([2H])C([2H])([2H])/C(=C(/c1ccc(/C=C/C(=O)O)cc1)c1ccc2[nH]ncc2c1)c1ccc(F)cc1Cl. The first kappa shape index (κ1) is 16.0. The smallest absolute Gasteiger partial charge is 0.328 e. The van der Waals surface area contributed by atoms with Crippen LogP contribution in [0.1, 0.15) is 42.3 Å². The van der Waals surface area contributed by atoms with Gasteiger partial charge in [0.05, 0.1) is 16.7 Å². The Morgan fingerprint density at radius 1 is 1.19 bits per heavy atom. The molecule has 0 saturated carbocycles. The molecule has 0 amide bonds. The lowest BCUT2D eigenvalue weighted by atomic mass is 9.87. The molecule has 4 rings (SSSR count). The Bertz CT molecular complexity index is 1540. The third kappa shape index (κ3) is 4.48. The van der Waals surface area contributed by atoms with Crippen LogP contribution in [-0.4, -0.2) is 21.3 Å². The van der Waals surface area contributed by atoms with Gasteiger partial charge in [-0.3, -0.25) is 5.10 Å². The number of halogens is 2. The molecular weight excluding hydrogens is 427 g/mol. The number of hydrogen-bond donors (Lipinski definition) is 2. The van der Waals surface area contributed by atoms with Gasteiger partial charge < -0.3 is 5.11 Å². The molecule has 1 aromatic heterocycles. The van der Waals surface area contributed by atoms with E-state index in [0.29, 0.717) is 22.1 Å². The van der Waals surface area contributed by atoms with E-state index in [9.17, 15) is 9.18 Å². The topological polar surface area (TPSA) is 66.0 Å². The molecule has 0 radical (unpaired) electrons. The molecule has 4 nitrogen and oxygen atoms in total. The molecule has 0 aliphatic rings. The van der Waals surface area contributed by atoms with Crippen molar-refractivity contribution in [3.05, 3.63) is 106 Å². The summed E-state index contributed by atoms with van der Waals surface area (Å²) in [6, 6.07) is 15.0. The van der Waals surface area contributed by atoms with Crippen LogP contribution in [0.2, 0.25) is 5.02 Å². The highest BCUT2D eigenvalue weighted by atomic mass is 35.5. The number of aromatic nitrogens is 2. The molecule has 2 N–H and O–H groups in total. The Morgan fingerprint density at radius 3 is 2.69 bits per heavy atom. The molecule has 4 aromatic rings. The molecule has 3 aromatic carbocycles. The zero-order valence-electron chi connectivity index (χ0n) is 21.6. The molecule has 0 atom stereocenters. The number of aliphatic carboxylic acids is 1. The number of nitrogens with zero attached hydrogens (tertiary/aromatic N) is 1. The molecule has 0 aliphatic heterocycles. The van der Waals surface area contributed by atoms with E-state index in [0.717, 1.165) is 23.7 Å². The molecule has 0 aliphatic carbocycles. The number of allylic oxidation sites excluding steroid dienone is 1. The monoisotopic (exact) mass is 451 g/mol. The number of H-pyrrole nitrogens is 1. The van der Waals surface area contributed by atoms with Crippen LogP contribution >= 0.6 is 11.6 Å². The summed E-state index contributed by atoms with van der Waals surface area (Å²) in [5, 5.41) is 16.3. The van der Waals surface area contributed by atoms with Gasteiger partial charge in [-0.05, 0) is 70.1 Å². The summed E-state index contributed by atoms with van der Waals surface area (Å²) < 4.78 is 55.4. The van der Waals surface area contributed by atoms with Crippen LogP contribution < -0.4 is 0 Å².